The molecule has 0 saturated carbocycles. The summed E-state index contributed by atoms with van der Waals surface area (Å²) in [4.78, 5) is 38.0. The summed E-state index contributed by atoms with van der Waals surface area (Å²) >= 11 is 0. The van der Waals surface area contributed by atoms with Crippen molar-refractivity contribution < 1.29 is 14.0 Å². The van der Waals surface area contributed by atoms with Crippen molar-refractivity contribution in [3.63, 3.8) is 0 Å². The highest BCUT2D eigenvalue weighted by atomic mass is 16.3. The van der Waals surface area contributed by atoms with Crippen LogP contribution in [-0.4, -0.2) is 68.7 Å². The van der Waals surface area contributed by atoms with Gasteiger partial charge < -0.3 is 15.1 Å². The summed E-state index contributed by atoms with van der Waals surface area (Å²) in [6.07, 6.45) is 7.19. The minimum Gasteiger partial charge on any atom is -0.463 e. The Kier molecular flexibility index (Phi) is 5.92. The number of carbonyl (C=O) groups excluding carboxylic acids is 2. The van der Waals surface area contributed by atoms with Crippen LogP contribution < -0.4 is 5.73 Å². The molecule has 1 fully saturated rings. The number of carbonyl (C=O) groups is 2. The van der Waals surface area contributed by atoms with Gasteiger partial charge in [0.1, 0.15) is 17.7 Å². The van der Waals surface area contributed by atoms with Crippen LogP contribution in [0.3, 0.4) is 0 Å². The lowest BCUT2D eigenvalue weighted by Crippen LogP contribution is -2.49. The Bertz CT molecular complexity index is 1340. The number of hydrogen-bond acceptors (Lipinski definition) is 6. The summed E-state index contributed by atoms with van der Waals surface area (Å²) in [6.45, 7) is 3.54. The summed E-state index contributed by atoms with van der Waals surface area (Å²) in [7, 11) is 0. The summed E-state index contributed by atoms with van der Waals surface area (Å²) in [5, 5.41) is 0. The van der Waals surface area contributed by atoms with Crippen LogP contribution in [0, 0.1) is 0 Å². The molecule has 2 N–H and O–H groups in total. The molecule has 4 aromatic rings. The molecular weight excluding hydrogens is 432 g/mol. The number of amides is 2. The molecule has 34 heavy (non-hydrogen) atoms. The van der Waals surface area contributed by atoms with Gasteiger partial charge in [0.2, 0.25) is 0 Å². The molecule has 0 aliphatic carbocycles. The number of piperazine rings is 1. The maximum absolute atomic E-state index is 13.5. The zero-order valence-corrected chi connectivity index (χ0v) is 18.5. The van der Waals surface area contributed by atoms with Crippen molar-refractivity contribution in [1.82, 2.24) is 24.2 Å². The lowest BCUT2D eigenvalue weighted by molar-refractivity contribution is 0.0642. The van der Waals surface area contributed by atoms with E-state index in [4.69, 9.17) is 10.2 Å². The highest BCUT2D eigenvalue weighted by Crippen LogP contribution is 2.23. The smallest absolute Gasteiger partial charge is 0.271 e. The zero-order valence-electron chi connectivity index (χ0n) is 18.5. The second-order valence-electron chi connectivity index (χ2n) is 8.06. The maximum atomic E-state index is 13.5. The summed E-state index contributed by atoms with van der Waals surface area (Å²) in [5.74, 6) is -0.376. The number of imidazole rings is 1. The van der Waals surface area contributed by atoms with Crippen LogP contribution in [0.15, 0.2) is 71.6 Å². The first kappa shape index (κ1) is 21.6. The highest BCUT2D eigenvalue weighted by molar-refractivity contribution is 5.99. The van der Waals surface area contributed by atoms with Gasteiger partial charge in [-0.1, -0.05) is 42.5 Å². The van der Waals surface area contributed by atoms with Crippen LogP contribution in [-0.2, 0) is 0 Å². The van der Waals surface area contributed by atoms with E-state index in [-0.39, 0.29) is 17.2 Å². The standard InChI is InChI=1S/C25H24N6O3/c26-23(32)22-24-28-19(21-9-5-15-34-21)16-20(31(24)17-27-22)25(33)30-13-11-29(12-14-30)10-4-8-18-6-2-1-3-7-18/h1-9,15-17H,10-14H2,(H2,26,32)/b8-4+. The first-order valence-electron chi connectivity index (χ1n) is 11.0. The van der Waals surface area contributed by atoms with Crippen molar-refractivity contribution in [2.24, 2.45) is 5.73 Å². The Hall–Kier alpha value is -4.24. The Morgan fingerprint density at radius 1 is 1.06 bits per heavy atom. The molecule has 0 unspecified atom stereocenters. The highest BCUT2D eigenvalue weighted by Gasteiger charge is 2.26. The molecule has 5 rings (SSSR count). The third kappa shape index (κ3) is 4.33. The molecule has 1 aliphatic rings. The van der Waals surface area contributed by atoms with Crippen LogP contribution >= 0.6 is 0 Å². The van der Waals surface area contributed by atoms with Crippen molar-refractivity contribution in [3.8, 4) is 11.5 Å². The normalized spacial score (nSPS) is 14.8. The Labute approximate surface area is 196 Å². The molecule has 0 radical (unpaired) electrons. The average molecular weight is 457 g/mol. The lowest BCUT2D eigenvalue weighted by atomic mass is 10.2. The van der Waals surface area contributed by atoms with Crippen molar-refractivity contribution in [2.75, 3.05) is 32.7 Å². The summed E-state index contributed by atoms with van der Waals surface area (Å²) < 4.78 is 6.98. The second kappa shape index (κ2) is 9.32. The number of nitrogens with zero attached hydrogens (tertiary/aromatic N) is 5. The number of rotatable bonds is 6. The van der Waals surface area contributed by atoms with Gasteiger partial charge in [0, 0.05) is 32.7 Å². The number of fused-ring (bicyclic) bond motifs is 1. The topological polar surface area (TPSA) is 110 Å². The zero-order chi connectivity index (χ0) is 23.5. The fourth-order valence-electron chi connectivity index (χ4n) is 4.06. The maximum Gasteiger partial charge on any atom is 0.271 e. The van der Waals surface area contributed by atoms with Gasteiger partial charge in [-0.05, 0) is 23.8 Å². The van der Waals surface area contributed by atoms with E-state index in [1.54, 1.807) is 18.2 Å². The van der Waals surface area contributed by atoms with Crippen molar-refractivity contribution in [2.45, 2.75) is 0 Å². The summed E-state index contributed by atoms with van der Waals surface area (Å²) in [6, 6.07) is 15.3. The number of hydrogen-bond donors (Lipinski definition) is 1. The van der Waals surface area contributed by atoms with Gasteiger partial charge in [-0.25, -0.2) is 9.97 Å². The van der Waals surface area contributed by atoms with E-state index in [0.717, 1.165) is 19.6 Å². The molecule has 3 aromatic heterocycles. The fraction of sp³-hybridized carbons (Fsp3) is 0.200. The van der Waals surface area contributed by atoms with E-state index in [1.165, 1.54) is 22.6 Å². The predicted octanol–water partition coefficient (Wildman–Crippen LogP) is 2.56. The molecule has 0 atom stereocenters. The molecule has 1 saturated heterocycles. The Morgan fingerprint density at radius 3 is 2.56 bits per heavy atom. The molecule has 0 bridgehead atoms. The SMILES string of the molecule is NC(=O)c1ncn2c(C(=O)N3CCN(C/C=C/c4ccccc4)CC3)cc(-c3ccco3)nc12. The van der Waals surface area contributed by atoms with E-state index in [0.29, 0.717) is 30.2 Å². The van der Waals surface area contributed by atoms with Crippen LogP contribution in [0.25, 0.3) is 23.2 Å². The van der Waals surface area contributed by atoms with E-state index in [1.807, 2.05) is 23.1 Å². The Balaban J connectivity index is 1.33. The molecule has 4 heterocycles. The number of aromatic nitrogens is 3. The van der Waals surface area contributed by atoms with Crippen LogP contribution in [0.4, 0.5) is 0 Å². The number of primary amides is 1. The molecule has 172 valence electrons. The Morgan fingerprint density at radius 2 is 1.85 bits per heavy atom. The van der Waals surface area contributed by atoms with Crippen LogP contribution in [0.5, 0.6) is 0 Å². The van der Waals surface area contributed by atoms with Gasteiger partial charge in [0.05, 0.1) is 6.26 Å². The van der Waals surface area contributed by atoms with Crippen LogP contribution in [0.2, 0.25) is 0 Å². The number of nitrogens with two attached hydrogens (primary N) is 1. The van der Waals surface area contributed by atoms with E-state index in [9.17, 15) is 9.59 Å². The molecule has 1 aliphatic heterocycles. The lowest BCUT2D eigenvalue weighted by Gasteiger charge is -2.34. The third-order valence-electron chi connectivity index (χ3n) is 5.86. The van der Waals surface area contributed by atoms with Gasteiger partial charge in [0.25, 0.3) is 11.8 Å². The largest absolute Gasteiger partial charge is 0.463 e. The number of furan rings is 1. The fourth-order valence-corrected chi connectivity index (χ4v) is 4.06. The monoisotopic (exact) mass is 456 g/mol. The molecule has 2 amide bonds. The van der Waals surface area contributed by atoms with E-state index in [2.05, 4.69) is 39.2 Å². The number of benzene rings is 1. The van der Waals surface area contributed by atoms with Gasteiger partial charge >= 0.3 is 0 Å². The van der Waals surface area contributed by atoms with E-state index < -0.39 is 5.91 Å². The first-order valence-corrected chi connectivity index (χ1v) is 11.0. The molecule has 9 heteroatoms. The predicted molar refractivity (Wildman–Crippen MR) is 127 cm³/mol. The van der Waals surface area contributed by atoms with Crippen molar-refractivity contribution in [3.05, 3.63) is 84.1 Å². The quantitative estimate of drug-likeness (QED) is 0.478. The van der Waals surface area contributed by atoms with E-state index >= 15 is 0 Å². The molecule has 1 aromatic carbocycles. The molecule has 0 spiro atoms. The summed E-state index contributed by atoms with van der Waals surface area (Å²) in [5.41, 5.74) is 7.67. The molecule has 9 nitrogen and oxygen atoms in total. The third-order valence-corrected chi connectivity index (χ3v) is 5.86. The van der Waals surface area contributed by atoms with Crippen molar-refractivity contribution >= 4 is 23.5 Å². The average Bonchev–Trinajstić information content (AvgIpc) is 3.54. The molecular formula is C25H24N6O3. The minimum absolute atomic E-state index is 0.0116. The minimum atomic E-state index is -0.706. The van der Waals surface area contributed by atoms with Crippen LogP contribution in [0.1, 0.15) is 26.5 Å². The van der Waals surface area contributed by atoms with Gasteiger partial charge in [-0.15, -0.1) is 0 Å². The van der Waals surface area contributed by atoms with Gasteiger partial charge in [0.15, 0.2) is 17.1 Å². The van der Waals surface area contributed by atoms with Gasteiger partial charge in [-0.3, -0.25) is 18.9 Å². The van der Waals surface area contributed by atoms with Gasteiger partial charge in [-0.2, -0.15) is 0 Å². The second-order valence-corrected chi connectivity index (χ2v) is 8.06. The van der Waals surface area contributed by atoms with Crippen molar-refractivity contribution in [1.29, 1.82) is 0 Å². The first-order chi connectivity index (χ1) is 16.6.